The summed E-state index contributed by atoms with van der Waals surface area (Å²) in [5.74, 6) is -0.179. The first-order valence-electron chi connectivity index (χ1n) is 17.8. The molecule has 7 aromatic carbocycles. The van der Waals surface area contributed by atoms with Gasteiger partial charge in [-0.05, 0) is 83.6 Å². The third kappa shape index (κ3) is 5.75. The molecule has 0 saturated heterocycles. The number of para-hydroxylation sites is 2. The molecule has 0 aliphatic carbocycles. The minimum absolute atomic E-state index is 0.0878. The second-order valence-corrected chi connectivity index (χ2v) is 14.2. The van der Waals surface area contributed by atoms with Crippen LogP contribution in [0.4, 0.5) is 17.1 Å². The Labute approximate surface area is 305 Å². The summed E-state index contributed by atoms with van der Waals surface area (Å²) in [6.45, 7) is 8.60. The summed E-state index contributed by atoms with van der Waals surface area (Å²) in [5, 5.41) is 0. The van der Waals surface area contributed by atoms with E-state index in [1.807, 2.05) is 105 Å². The van der Waals surface area contributed by atoms with E-state index in [1.165, 1.54) is 11.1 Å². The van der Waals surface area contributed by atoms with E-state index in [2.05, 4.69) is 91.5 Å². The average Bonchev–Trinajstić information content (AvgIpc) is 3.18. The van der Waals surface area contributed by atoms with E-state index in [0.717, 1.165) is 44.9 Å². The number of benzene rings is 7. The van der Waals surface area contributed by atoms with Gasteiger partial charge in [-0.1, -0.05) is 152 Å². The number of nitrogens with zero attached hydrogens (tertiary/aromatic N) is 1. The van der Waals surface area contributed by atoms with Crippen molar-refractivity contribution in [3.05, 3.63) is 208 Å². The highest BCUT2D eigenvalue weighted by Crippen LogP contribution is 2.51. The van der Waals surface area contributed by atoms with Crippen molar-refractivity contribution in [1.82, 2.24) is 0 Å². The molecule has 0 fully saturated rings. The Hall–Kier alpha value is -6.32. The maximum absolute atomic E-state index is 14.5. The van der Waals surface area contributed by atoms with Crippen LogP contribution in [0.1, 0.15) is 67.9 Å². The topological polar surface area (TPSA) is 37.4 Å². The van der Waals surface area contributed by atoms with E-state index in [-0.39, 0.29) is 17.0 Å². The number of hydrogen-bond donors (Lipinski definition) is 0. The predicted molar refractivity (Wildman–Crippen MR) is 213 cm³/mol. The van der Waals surface area contributed by atoms with Gasteiger partial charge in [0.25, 0.3) is 0 Å². The monoisotopic (exact) mass is 673 g/mol. The van der Waals surface area contributed by atoms with Crippen LogP contribution >= 0.6 is 0 Å². The number of carbonyl (C=O) groups excluding carboxylic acids is 2. The number of hydrogen-bond acceptors (Lipinski definition) is 3. The van der Waals surface area contributed by atoms with Crippen molar-refractivity contribution in [2.45, 2.75) is 33.1 Å². The zero-order valence-electron chi connectivity index (χ0n) is 29.9. The second kappa shape index (κ2) is 13.1. The van der Waals surface area contributed by atoms with E-state index >= 15 is 0 Å². The number of anilines is 3. The molecule has 1 aliphatic rings. The van der Waals surface area contributed by atoms with E-state index in [0.29, 0.717) is 27.8 Å². The molecular formula is C49H39NO2. The van der Waals surface area contributed by atoms with Crippen LogP contribution in [0.3, 0.4) is 0 Å². The van der Waals surface area contributed by atoms with E-state index in [9.17, 15) is 9.59 Å². The molecule has 8 rings (SSSR count). The molecule has 1 heterocycles. The molecule has 0 aromatic heterocycles. The molecule has 0 bridgehead atoms. The summed E-state index contributed by atoms with van der Waals surface area (Å²) >= 11 is 0. The van der Waals surface area contributed by atoms with Crippen LogP contribution in [0.15, 0.2) is 164 Å². The second-order valence-electron chi connectivity index (χ2n) is 14.2. The zero-order valence-corrected chi connectivity index (χ0v) is 29.9. The Morgan fingerprint density at radius 2 is 0.865 bits per heavy atom. The van der Waals surface area contributed by atoms with Gasteiger partial charge in [-0.25, -0.2) is 0 Å². The lowest BCUT2D eigenvalue weighted by Gasteiger charge is -2.42. The molecule has 252 valence electrons. The summed E-state index contributed by atoms with van der Waals surface area (Å²) < 4.78 is 0. The fourth-order valence-corrected chi connectivity index (χ4v) is 7.53. The molecule has 3 nitrogen and oxygen atoms in total. The standard InChI is InChI=1S/C49H39NO2/c1-32-18-22-36(23-19-32)47(51)41-31-40(42(30-39(41)34-12-6-5-7-13-34)48(52)37-24-20-33(2)21-25-37)35-26-28-38(29-27-35)50-45-16-10-8-14-43(45)49(3,4)44-15-9-11-17-46(44)50/h5-31H,1-4H3. The van der Waals surface area contributed by atoms with Crippen molar-refractivity contribution in [3.63, 3.8) is 0 Å². The van der Waals surface area contributed by atoms with Gasteiger partial charge < -0.3 is 4.90 Å². The largest absolute Gasteiger partial charge is 0.310 e. The van der Waals surface area contributed by atoms with Crippen LogP contribution in [-0.4, -0.2) is 11.6 Å². The maximum atomic E-state index is 14.5. The molecule has 0 unspecified atom stereocenters. The van der Waals surface area contributed by atoms with Gasteiger partial charge in [0, 0.05) is 33.4 Å². The van der Waals surface area contributed by atoms with Gasteiger partial charge in [0.05, 0.1) is 11.4 Å². The highest BCUT2D eigenvalue weighted by atomic mass is 16.1. The van der Waals surface area contributed by atoms with Gasteiger partial charge in [0.15, 0.2) is 11.6 Å². The van der Waals surface area contributed by atoms with Crippen LogP contribution in [0, 0.1) is 13.8 Å². The number of rotatable bonds is 7. The van der Waals surface area contributed by atoms with Gasteiger partial charge in [0.1, 0.15) is 0 Å². The van der Waals surface area contributed by atoms with Gasteiger partial charge >= 0.3 is 0 Å². The van der Waals surface area contributed by atoms with E-state index < -0.39 is 0 Å². The van der Waals surface area contributed by atoms with Crippen molar-refractivity contribution < 1.29 is 9.59 Å². The number of aryl methyl sites for hydroxylation is 2. The Balaban J connectivity index is 1.31. The van der Waals surface area contributed by atoms with Crippen molar-refractivity contribution in [2.75, 3.05) is 4.90 Å². The normalized spacial score (nSPS) is 12.9. The van der Waals surface area contributed by atoms with Crippen molar-refractivity contribution >= 4 is 28.6 Å². The molecule has 0 atom stereocenters. The van der Waals surface area contributed by atoms with Crippen molar-refractivity contribution in [2.24, 2.45) is 0 Å². The average molecular weight is 674 g/mol. The molecule has 1 aliphatic heterocycles. The lowest BCUT2D eigenvalue weighted by atomic mass is 9.73. The molecular weight excluding hydrogens is 635 g/mol. The number of carbonyl (C=O) groups is 2. The molecule has 0 amide bonds. The van der Waals surface area contributed by atoms with Gasteiger partial charge in [-0.15, -0.1) is 0 Å². The predicted octanol–water partition coefficient (Wildman–Crippen LogP) is 12.2. The molecule has 0 radical (unpaired) electrons. The quantitative estimate of drug-likeness (QED) is 0.158. The first-order chi connectivity index (χ1) is 25.2. The SMILES string of the molecule is Cc1ccc(C(=O)c2cc(-c3ccc(N4c5ccccc5C(C)(C)c5ccccc54)cc3)c(C(=O)c3ccc(C)cc3)cc2-c2ccccc2)cc1. The van der Waals surface area contributed by atoms with Crippen LogP contribution in [0.2, 0.25) is 0 Å². The van der Waals surface area contributed by atoms with Gasteiger partial charge in [0.2, 0.25) is 0 Å². The van der Waals surface area contributed by atoms with Crippen LogP contribution < -0.4 is 4.90 Å². The molecule has 0 saturated carbocycles. The van der Waals surface area contributed by atoms with Crippen LogP contribution in [0.5, 0.6) is 0 Å². The highest BCUT2D eigenvalue weighted by Gasteiger charge is 2.36. The fraction of sp³-hybridized carbons (Fsp3) is 0.102. The minimum atomic E-state index is -0.157. The zero-order chi connectivity index (χ0) is 36.0. The summed E-state index contributed by atoms with van der Waals surface area (Å²) in [6.07, 6.45) is 0. The first-order valence-corrected chi connectivity index (χ1v) is 17.8. The number of ketones is 2. The van der Waals surface area contributed by atoms with Crippen molar-refractivity contribution in [3.8, 4) is 22.3 Å². The smallest absolute Gasteiger partial charge is 0.193 e. The molecule has 7 aromatic rings. The lowest BCUT2D eigenvalue weighted by molar-refractivity contribution is 0.102. The summed E-state index contributed by atoms with van der Waals surface area (Å²) in [5.41, 5.74) is 13.3. The molecule has 0 spiro atoms. The maximum Gasteiger partial charge on any atom is 0.193 e. The summed E-state index contributed by atoms with van der Waals surface area (Å²) in [7, 11) is 0. The Morgan fingerprint density at radius 1 is 0.462 bits per heavy atom. The Kier molecular flexibility index (Phi) is 8.28. The number of fused-ring (bicyclic) bond motifs is 2. The third-order valence-electron chi connectivity index (χ3n) is 10.4. The third-order valence-corrected chi connectivity index (χ3v) is 10.4. The summed E-state index contributed by atoms with van der Waals surface area (Å²) in [4.78, 5) is 31.2. The van der Waals surface area contributed by atoms with Gasteiger partial charge in [-0.3, -0.25) is 9.59 Å². The first kappa shape index (κ1) is 32.9. The van der Waals surface area contributed by atoms with Crippen molar-refractivity contribution in [1.29, 1.82) is 0 Å². The highest BCUT2D eigenvalue weighted by molar-refractivity contribution is 6.18. The Bertz CT molecular complexity index is 2410. The molecule has 52 heavy (non-hydrogen) atoms. The minimum Gasteiger partial charge on any atom is -0.310 e. The Morgan fingerprint density at radius 3 is 1.33 bits per heavy atom. The summed E-state index contributed by atoms with van der Waals surface area (Å²) in [6, 6.07) is 54.7. The molecule has 3 heteroatoms. The molecule has 0 N–H and O–H groups in total. The van der Waals surface area contributed by atoms with E-state index in [4.69, 9.17) is 0 Å². The fourth-order valence-electron chi connectivity index (χ4n) is 7.53. The van der Waals surface area contributed by atoms with Crippen LogP contribution in [-0.2, 0) is 5.41 Å². The van der Waals surface area contributed by atoms with E-state index in [1.54, 1.807) is 0 Å². The van der Waals surface area contributed by atoms with Crippen LogP contribution in [0.25, 0.3) is 22.3 Å². The lowest BCUT2D eigenvalue weighted by Crippen LogP contribution is -2.30. The van der Waals surface area contributed by atoms with Gasteiger partial charge in [-0.2, -0.15) is 0 Å².